The smallest absolute Gasteiger partial charge is 0.354 e. The molecule has 0 rings (SSSR count). The lowest BCUT2D eigenvalue weighted by molar-refractivity contribution is 0.0977. The van der Waals surface area contributed by atoms with Gasteiger partial charge in [0.05, 0.1) is 0 Å². The molecule has 0 spiro atoms. The van der Waals surface area contributed by atoms with Gasteiger partial charge in [-0.3, -0.25) is 0 Å². The summed E-state index contributed by atoms with van der Waals surface area (Å²) in [5, 5.41) is 0. The van der Waals surface area contributed by atoms with Gasteiger partial charge in [-0.15, -0.1) is 0 Å². The number of hydrogen-bond donors (Lipinski definition) is 2. The number of hydrogen-bond acceptors (Lipinski definition) is 3. The number of amides is 1. The lowest BCUT2D eigenvalue weighted by Gasteiger charge is -2.01. The molecule has 0 bridgehead atoms. The Morgan fingerprint density at radius 1 is 1.45 bits per heavy atom. The third-order valence-corrected chi connectivity index (χ3v) is 1.31. The Labute approximate surface area is 67.0 Å². The van der Waals surface area contributed by atoms with Gasteiger partial charge in [-0.25, -0.2) is 4.79 Å². The summed E-state index contributed by atoms with van der Waals surface area (Å²) >= 11 is 0. The predicted octanol–water partition coefficient (Wildman–Crippen LogP) is 1.17. The van der Waals surface area contributed by atoms with E-state index in [1.807, 2.05) is 0 Å². The van der Waals surface area contributed by atoms with E-state index in [0.717, 1.165) is 12.8 Å². The third kappa shape index (κ3) is 9.23. The predicted molar refractivity (Wildman–Crippen MR) is 42.8 cm³/mol. The van der Waals surface area contributed by atoms with E-state index < -0.39 is 6.09 Å². The molecular formula is C7H16N2O2. The molecule has 0 radical (unpaired) electrons. The molecule has 0 aromatic rings. The fraction of sp³-hybridized carbons (Fsp3) is 0.857. The molecule has 0 unspecified atom stereocenters. The standard InChI is InChI=1S/C7H16N2O2/c1-2-3-4-5-6-9-11-7(8)10/h9H,2-6H2,1H3,(H2,8,10). The Morgan fingerprint density at radius 2 is 2.18 bits per heavy atom. The molecule has 0 aliphatic rings. The average Bonchev–Trinajstić information content (AvgIpc) is 1.96. The number of nitrogens with two attached hydrogens (primary N) is 1. The van der Waals surface area contributed by atoms with Crippen molar-refractivity contribution in [2.75, 3.05) is 6.54 Å². The SMILES string of the molecule is CCCCCCNOC(N)=O. The van der Waals surface area contributed by atoms with E-state index in [4.69, 9.17) is 5.73 Å². The highest BCUT2D eigenvalue weighted by Gasteiger charge is 1.91. The van der Waals surface area contributed by atoms with Crippen molar-refractivity contribution in [3.05, 3.63) is 0 Å². The van der Waals surface area contributed by atoms with Crippen molar-refractivity contribution in [3.63, 3.8) is 0 Å². The highest BCUT2D eigenvalue weighted by Crippen LogP contribution is 1.96. The molecule has 3 N–H and O–H groups in total. The quantitative estimate of drug-likeness (QED) is 0.452. The molecule has 0 aromatic heterocycles. The van der Waals surface area contributed by atoms with Crippen molar-refractivity contribution in [3.8, 4) is 0 Å². The van der Waals surface area contributed by atoms with Crippen LogP contribution in [0.3, 0.4) is 0 Å². The molecule has 0 saturated carbocycles. The molecule has 0 aliphatic carbocycles. The van der Waals surface area contributed by atoms with E-state index in [9.17, 15) is 4.79 Å². The fourth-order valence-electron chi connectivity index (χ4n) is 0.746. The summed E-state index contributed by atoms with van der Waals surface area (Å²) in [6, 6.07) is 0. The van der Waals surface area contributed by atoms with E-state index in [1.165, 1.54) is 12.8 Å². The number of carbonyl (C=O) groups excluding carboxylic acids is 1. The van der Waals surface area contributed by atoms with Crippen molar-refractivity contribution < 1.29 is 9.63 Å². The largest absolute Gasteiger partial charge is 0.423 e. The van der Waals surface area contributed by atoms with Gasteiger partial charge in [0, 0.05) is 6.54 Å². The zero-order valence-electron chi connectivity index (χ0n) is 6.93. The normalized spacial score (nSPS) is 9.55. The summed E-state index contributed by atoms with van der Waals surface area (Å²) in [5.41, 5.74) is 7.18. The van der Waals surface area contributed by atoms with Gasteiger partial charge in [0.15, 0.2) is 0 Å². The molecule has 4 nitrogen and oxygen atoms in total. The zero-order chi connectivity index (χ0) is 8.53. The van der Waals surface area contributed by atoms with Gasteiger partial charge in [0.25, 0.3) is 0 Å². The summed E-state index contributed by atoms with van der Waals surface area (Å²) in [5.74, 6) is 0. The molecule has 0 aromatic carbocycles. The van der Waals surface area contributed by atoms with Crippen LogP contribution in [0.4, 0.5) is 4.79 Å². The van der Waals surface area contributed by atoms with Crippen LogP contribution in [0.15, 0.2) is 0 Å². The van der Waals surface area contributed by atoms with Crippen molar-refractivity contribution in [1.29, 1.82) is 0 Å². The van der Waals surface area contributed by atoms with Crippen LogP contribution >= 0.6 is 0 Å². The Hall–Kier alpha value is -0.770. The molecule has 66 valence electrons. The van der Waals surface area contributed by atoms with Gasteiger partial charge in [0.1, 0.15) is 0 Å². The molecule has 0 heterocycles. The summed E-state index contributed by atoms with van der Waals surface area (Å²) < 4.78 is 0. The third-order valence-electron chi connectivity index (χ3n) is 1.31. The Balaban J connectivity index is 2.85. The van der Waals surface area contributed by atoms with Crippen LogP contribution in [0.25, 0.3) is 0 Å². The van der Waals surface area contributed by atoms with E-state index in [0.29, 0.717) is 6.54 Å². The number of carbonyl (C=O) groups is 1. The van der Waals surface area contributed by atoms with Gasteiger partial charge < -0.3 is 10.6 Å². The first kappa shape index (κ1) is 10.2. The number of rotatable bonds is 6. The Kier molecular flexibility index (Phi) is 6.82. The second kappa shape index (κ2) is 7.34. The summed E-state index contributed by atoms with van der Waals surface area (Å²) in [4.78, 5) is 14.3. The Bertz CT molecular complexity index is 107. The first-order valence-corrected chi connectivity index (χ1v) is 3.96. The number of primary amides is 1. The van der Waals surface area contributed by atoms with Gasteiger partial charge in [-0.2, -0.15) is 5.48 Å². The van der Waals surface area contributed by atoms with Crippen LogP contribution in [0, 0.1) is 0 Å². The number of unbranched alkanes of at least 4 members (excludes halogenated alkanes) is 3. The maximum Gasteiger partial charge on any atom is 0.423 e. The van der Waals surface area contributed by atoms with Gasteiger partial charge >= 0.3 is 6.09 Å². The maximum absolute atomic E-state index is 10.0. The average molecular weight is 160 g/mol. The lowest BCUT2D eigenvalue weighted by Crippen LogP contribution is -2.25. The first-order valence-electron chi connectivity index (χ1n) is 3.96. The van der Waals surface area contributed by atoms with E-state index in [1.54, 1.807) is 0 Å². The second-order valence-corrected chi connectivity index (χ2v) is 2.38. The van der Waals surface area contributed by atoms with Crippen LogP contribution in [-0.2, 0) is 4.84 Å². The van der Waals surface area contributed by atoms with Crippen LogP contribution in [0.5, 0.6) is 0 Å². The summed E-state index contributed by atoms with van der Waals surface area (Å²) in [6.45, 7) is 2.83. The van der Waals surface area contributed by atoms with Crippen molar-refractivity contribution in [2.45, 2.75) is 32.6 Å². The lowest BCUT2D eigenvalue weighted by atomic mass is 10.2. The number of hydroxylamine groups is 1. The molecule has 0 saturated heterocycles. The van der Waals surface area contributed by atoms with Gasteiger partial charge in [-0.05, 0) is 6.42 Å². The van der Waals surface area contributed by atoms with Crippen molar-refractivity contribution in [2.24, 2.45) is 5.73 Å². The highest BCUT2D eigenvalue weighted by molar-refractivity contribution is 5.64. The minimum Gasteiger partial charge on any atom is -0.354 e. The van der Waals surface area contributed by atoms with Crippen LogP contribution in [-0.4, -0.2) is 12.6 Å². The van der Waals surface area contributed by atoms with Gasteiger partial charge in [0.2, 0.25) is 0 Å². The monoisotopic (exact) mass is 160 g/mol. The molecule has 1 amide bonds. The fourth-order valence-corrected chi connectivity index (χ4v) is 0.746. The summed E-state index contributed by atoms with van der Waals surface area (Å²) in [6.07, 6.45) is 3.82. The molecule has 4 heteroatoms. The topological polar surface area (TPSA) is 64.3 Å². The van der Waals surface area contributed by atoms with Crippen LogP contribution in [0.2, 0.25) is 0 Å². The van der Waals surface area contributed by atoms with E-state index in [2.05, 4.69) is 17.2 Å². The molecular weight excluding hydrogens is 144 g/mol. The Morgan fingerprint density at radius 3 is 2.73 bits per heavy atom. The van der Waals surface area contributed by atoms with E-state index >= 15 is 0 Å². The van der Waals surface area contributed by atoms with Crippen molar-refractivity contribution >= 4 is 6.09 Å². The highest BCUT2D eigenvalue weighted by atomic mass is 16.7. The minimum absolute atomic E-state index is 0.683. The van der Waals surface area contributed by atoms with Crippen molar-refractivity contribution in [1.82, 2.24) is 5.48 Å². The van der Waals surface area contributed by atoms with Crippen LogP contribution < -0.4 is 11.2 Å². The zero-order valence-corrected chi connectivity index (χ0v) is 6.93. The minimum atomic E-state index is -0.777. The molecule has 11 heavy (non-hydrogen) atoms. The molecule has 0 atom stereocenters. The number of nitrogens with one attached hydrogen (secondary N) is 1. The van der Waals surface area contributed by atoms with E-state index in [-0.39, 0.29) is 0 Å². The van der Waals surface area contributed by atoms with Gasteiger partial charge in [-0.1, -0.05) is 26.2 Å². The maximum atomic E-state index is 10.0. The second-order valence-electron chi connectivity index (χ2n) is 2.38. The summed E-state index contributed by atoms with van der Waals surface area (Å²) in [7, 11) is 0. The first-order chi connectivity index (χ1) is 5.27. The molecule has 0 fully saturated rings. The van der Waals surface area contributed by atoms with Crippen LogP contribution in [0.1, 0.15) is 32.6 Å². The molecule has 0 aliphatic heterocycles.